The number of halogens is 2. The van der Waals surface area contributed by atoms with Gasteiger partial charge in [-0.2, -0.15) is 0 Å². The van der Waals surface area contributed by atoms with Gasteiger partial charge in [-0.3, -0.25) is 5.41 Å². The molecule has 0 radical (unpaired) electrons. The molecular formula is C16H27F2N3O2. The fourth-order valence-electron chi connectivity index (χ4n) is 1.80. The smallest absolute Gasteiger partial charge is 0.131 e. The van der Waals surface area contributed by atoms with Gasteiger partial charge in [-0.25, -0.2) is 8.78 Å². The molecule has 1 fully saturated rings. The molecule has 7 heteroatoms. The third-order valence-electron chi connectivity index (χ3n) is 2.65. The van der Waals surface area contributed by atoms with Gasteiger partial charge < -0.3 is 21.3 Å². The number of hydrogen-bond acceptors (Lipinski definition) is 4. The van der Waals surface area contributed by atoms with Crippen LogP contribution in [0.3, 0.4) is 0 Å². The third-order valence-corrected chi connectivity index (χ3v) is 2.65. The summed E-state index contributed by atoms with van der Waals surface area (Å²) in [6.45, 7) is 7.61. The van der Waals surface area contributed by atoms with Crippen molar-refractivity contribution in [1.29, 1.82) is 5.41 Å². The zero-order valence-corrected chi connectivity index (χ0v) is 13.6. The van der Waals surface area contributed by atoms with Gasteiger partial charge in [-0.1, -0.05) is 26.5 Å². The van der Waals surface area contributed by atoms with Crippen molar-refractivity contribution in [2.45, 2.75) is 26.4 Å². The van der Waals surface area contributed by atoms with Crippen LogP contribution in [-0.2, 0) is 4.74 Å². The quantitative estimate of drug-likeness (QED) is 0.494. The highest BCUT2D eigenvalue weighted by Gasteiger charge is 2.28. The molecule has 0 saturated carbocycles. The van der Waals surface area contributed by atoms with Gasteiger partial charge in [-0.15, -0.1) is 0 Å². The molecule has 0 spiro atoms. The predicted octanol–water partition coefficient (Wildman–Crippen LogP) is 2.70. The van der Waals surface area contributed by atoms with Crippen LogP contribution in [0, 0.1) is 23.0 Å². The van der Waals surface area contributed by atoms with Crippen LogP contribution in [0.4, 0.5) is 8.78 Å². The lowest BCUT2D eigenvalue weighted by atomic mass is 10.0. The van der Waals surface area contributed by atoms with E-state index in [9.17, 15) is 8.78 Å². The maximum absolute atomic E-state index is 13.4. The topological polar surface area (TPSA) is 105 Å². The minimum absolute atomic E-state index is 0.0410. The van der Waals surface area contributed by atoms with E-state index in [1.54, 1.807) is 0 Å². The Morgan fingerprint density at radius 3 is 2.30 bits per heavy atom. The number of nitrogens with two attached hydrogens (primary N) is 2. The summed E-state index contributed by atoms with van der Waals surface area (Å²) in [5.74, 6) is -1.12. The van der Waals surface area contributed by atoms with Crippen LogP contribution in [-0.4, -0.2) is 24.7 Å². The number of hydrogen-bond donors (Lipinski definition) is 4. The summed E-state index contributed by atoms with van der Waals surface area (Å²) < 4.78 is 31.3. The maximum Gasteiger partial charge on any atom is 0.131 e. The van der Waals surface area contributed by atoms with Gasteiger partial charge in [0.1, 0.15) is 11.6 Å². The number of aliphatic hydroxyl groups excluding tert-OH is 1. The Morgan fingerprint density at radius 1 is 1.39 bits per heavy atom. The number of nitrogens with one attached hydrogen (secondary N) is 1. The Bertz CT molecular complexity index is 439. The SMILES string of the molecule is C=CN.CC.N=CN.OC[C@@H]1COC(c2ccc(F)cc2F)C1. The molecule has 0 bridgehead atoms. The Morgan fingerprint density at radius 2 is 1.91 bits per heavy atom. The van der Waals surface area contributed by atoms with Crippen molar-refractivity contribution in [2.75, 3.05) is 13.2 Å². The highest BCUT2D eigenvalue weighted by atomic mass is 19.1. The second kappa shape index (κ2) is 14.9. The minimum Gasteiger partial charge on any atom is -0.405 e. The average molecular weight is 331 g/mol. The van der Waals surface area contributed by atoms with Crippen molar-refractivity contribution < 1.29 is 18.6 Å². The van der Waals surface area contributed by atoms with E-state index in [0.717, 1.165) is 12.4 Å². The first-order chi connectivity index (χ1) is 11.0. The first-order valence-corrected chi connectivity index (χ1v) is 7.24. The summed E-state index contributed by atoms with van der Waals surface area (Å²) in [5, 5.41) is 14.8. The fourth-order valence-corrected chi connectivity index (χ4v) is 1.80. The maximum atomic E-state index is 13.4. The normalized spacial score (nSPS) is 18.1. The van der Waals surface area contributed by atoms with E-state index in [1.807, 2.05) is 13.8 Å². The molecule has 1 aliphatic rings. The molecule has 1 heterocycles. The van der Waals surface area contributed by atoms with Gasteiger partial charge in [0.15, 0.2) is 0 Å². The molecule has 6 N–H and O–H groups in total. The van der Waals surface area contributed by atoms with Crippen LogP contribution in [0.1, 0.15) is 31.9 Å². The van der Waals surface area contributed by atoms with E-state index in [4.69, 9.17) is 15.3 Å². The molecule has 132 valence electrons. The zero-order valence-electron chi connectivity index (χ0n) is 13.6. The van der Waals surface area contributed by atoms with Gasteiger partial charge in [0.25, 0.3) is 0 Å². The average Bonchev–Trinajstić information content (AvgIpc) is 3.00. The molecule has 0 aliphatic carbocycles. The molecule has 5 nitrogen and oxygen atoms in total. The summed E-state index contributed by atoms with van der Waals surface area (Å²) in [5.41, 5.74) is 9.37. The summed E-state index contributed by atoms with van der Waals surface area (Å²) in [6.07, 6.45) is 2.22. The highest BCUT2D eigenvalue weighted by Crippen LogP contribution is 2.33. The molecular weight excluding hydrogens is 304 g/mol. The van der Waals surface area contributed by atoms with E-state index in [2.05, 4.69) is 18.0 Å². The van der Waals surface area contributed by atoms with Crippen molar-refractivity contribution in [2.24, 2.45) is 17.4 Å². The number of ether oxygens (including phenoxy) is 1. The van der Waals surface area contributed by atoms with Crippen LogP contribution in [0.2, 0.25) is 0 Å². The standard InChI is InChI=1S/C11H12F2O2.C2H5N.C2H6.CH4N2/c12-8-1-2-9(10(13)4-8)11-3-7(5-14)6-15-11;1-2-3;1-2;2-1-3/h1-2,4,7,11,14H,3,5-6H2;2H,1,3H2;1-2H3;1H,(H3,2,3)/t7-,11?;;;/m1.../s1. The molecule has 1 unspecified atom stereocenters. The molecule has 2 atom stereocenters. The van der Waals surface area contributed by atoms with Crippen molar-refractivity contribution in [3.05, 3.63) is 48.2 Å². The van der Waals surface area contributed by atoms with Crippen LogP contribution < -0.4 is 11.5 Å². The van der Waals surface area contributed by atoms with Crippen LogP contribution in [0.5, 0.6) is 0 Å². The summed E-state index contributed by atoms with van der Waals surface area (Å²) in [7, 11) is 0. The monoisotopic (exact) mass is 331 g/mol. The van der Waals surface area contributed by atoms with Gasteiger partial charge in [0.2, 0.25) is 0 Å². The summed E-state index contributed by atoms with van der Waals surface area (Å²) >= 11 is 0. The minimum atomic E-state index is -0.590. The molecule has 1 aliphatic heterocycles. The van der Waals surface area contributed by atoms with Crippen molar-refractivity contribution in [3.8, 4) is 0 Å². The van der Waals surface area contributed by atoms with Crippen LogP contribution in [0.15, 0.2) is 31.0 Å². The van der Waals surface area contributed by atoms with Crippen molar-refractivity contribution in [1.82, 2.24) is 0 Å². The molecule has 23 heavy (non-hydrogen) atoms. The number of rotatable bonds is 2. The number of benzene rings is 1. The molecule has 2 rings (SSSR count). The lowest BCUT2D eigenvalue weighted by Crippen LogP contribution is -2.04. The van der Waals surface area contributed by atoms with E-state index < -0.39 is 11.6 Å². The largest absolute Gasteiger partial charge is 0.405 e. The number of aliphatic hydroxyl groups is 1. The van der Waals surface area contributed by atoms with Gasteiger partial charge in [0, 0.05) is 24.2 Å². The Kier molecular flexibility index (Phi) is 15.1. The highest BCUT2D eigenvalue weighted by molar-refractivity contribution is 5.46. The van der Waals surface area contributed by atoms with Gasteiger partial charge in [-0.05, 0) is 18.7 Å². The Labute approximate surface area is 136 Å². The van der Waals surface area contributed by atoms with Crippen LogP contribution in [0.25, 0.3) is 0 Å². The molecule has 1 saturated heterocycles. The molecule has 0 amide bonds. The Hall–Kier alpha value is -1.99. The molecule has 1 aromatic carbocycles. The zero-order chi connectivity index (χ0) is 18.3. The molecule has 1 aromatic rings. The summed E-state index contributed by atoms with van der Waals surface area (Å²) in [6, 6.07) is 3.47. The summed E-state index contributed by atoms with van der Waals surface area (Å²) in [4.78, 5) is 0. The second-order valence-electron chi connectivity index (χ2n) is 4.17. The predicted molar refractivity (Wildman–Crippen MR) is 88.9 cm³/mol. The second-order valence-corrected chi connectivity index (χ2v) is 4.17. The van der Waals surface area contributed by atoms with Crippen molar-refractivity contribution in [3.63, 3.8) is 0 Å². The van der Waals surface area contributed by atoms with E-state index in [0.29, 0.717) is 18.6 Å². The lowest BCUT2D eigenvalue weighted by molar-refractivity contribution is 0.0990. The Balaban J connectivity index is 0. The van der Waals surface area contributed by atoms with E-state index in [-0.39, 0.29) is 18.6 Å². The first-order valence-electron chi connectivity index (χ1n) is 7.24. The fraction of sp³-hybridized carbons (Fsp3) is 0.438. The van der Waals surface area contributed by atoms with Gasteiger partial charge >= 0.3 is 0 Å². The van der Waals surface area contributed by atoms with Gasteiger partial charge in [0.05, 0.1) is 19.0 Å². The molecule has 0 aromatic heterocycles. The van der Waals surface area contributed by atoms with Crippen LogP contribution >= 0.6 is 0 Å². The third kappa shape index (κ3) is 9.59. The van der Waals surface area contributed by atoms with Crippen molar-refractivity contribution >= 4 is 6.34 Å². The van der Waals surface area contributed by atoms with E-state index in [1.165, 1.54) is 18.3 Å². The lowest BCUT2D eigenvalue weighted by Gasteiger charge is -2.10. The first kappa shape index (κ1) is 23.3. The van der Waals surface area contributed by atoms with E-state index >= 15 is 0 Å².